The second kappa shape index (κ2) is 6.58. The molecule has 102 valence electrons. The van der Waals surface area contributed by atoms with Crippen LogP contribution in [0.25, 0.3) is 0 Å². The lowest BCUT2D eigenvalue weighted by molar-refractivity contribution is 0.414. The lowest BCUT2D eigenvalue weighted by Crippen LogP contribution is -2.18. The number of thioether (sulfide) groups is 1. The van der Waals surface area contributed by atoms with Crippen LogP contribution in [-0.2, 0) is 0 Å². The Hall–Kier alpha value is -1.53. The largest absolute Gasteiger partial charge is 0.497 e. The van der Waals surface area contributed by atoms with Gasteiger partial charge in [0.25, 0.3) is 5.22 Å². The van der Waals surface area contributed by atoms with Gasteiger partial charge in [-0.25, -0.2) is 0 Å². The van der Waals surface area contributed by atoms with Gasteiger partial charge in [0.2, 0.25) is 5.89 Å². The minimum Gasteiger partial charge on any atom is -0.497 e. The normalized spacial score (nSPS) is 12.4. The van der Waals surface area contributed by atoms with Crippen molar-refractivity contribution >= 4 is 11.8 Å². The van der Waals surface area contributed by atoms with E-state index in [0.717, 1.165) is 11.5 Å². The standard InChI is InChI=1S/C13H17N3O2S/c1-9-15-16-13(18-9)19-8-12(14-2)10-4-6-11(17-3)7-5-10/h4-7,12,14H,8H2,1-3H3. The maximum absolute atomic E-state index is 5.34. The SMILES string of the molecule is CNC(CSc1nnc(C)o1)c1ccc(OC)cc1. The number of methoxy groups -OCH3 is 1. The van der Waals surface area contributed by atoms with Crippen molar-refractivity contribution in [3.8, 4) is 5.75 Å². The minimum atomic E-state index is 0.225. The van der Waals surface area contributed by atoms with E-state index < -0.39 is 0 Å². The first-order chi connectivity index (χ1) is 9.22. The van der Waals surface area contributed by atoms with Crippen LogP contribution in [0.1, 0.15) is 17.5 Å². The fraction of sp³-hybridized carbons (Fsp3) is 0.385. The Bertz CT molecular complexity index is 513. The van der Waals surface area contributed by atoms with Crippen LogP contribution >= 0.6 is 11.8 Å². The summed E-state index contributed by atoms with van der Waals surface area (Å²) in [6.45, 7) is 1.79. The molecule has 1 atom stereocenters. The van der Waals surface area contributed by atoms with Crippen LogP contribution in [0.15, 0.2) is 33.9 Å². The van der Waals surface area contributed by atoms with Crippen LogP contribution in [0.4, 0.5) is 0 Å². The number of aromatic nitrogens is 2. The van der Waals surface area contributed by atoms with Crippen LogP contribution in [0.5, 0.6) is 5.75 Å². The van der Waals surface area contributed by atoms with Crippen molar-refractivity contribution in [1.29, 1.82) is 0 Å². The average Bonchev–Trinajstić information content (AvgIpc) is 2.86. The molecule has 6 heteroatoms. The van der Waals surface area contributed by atoms with Crippen LogP contribution in [0, 0.1) is 6.92 Å². The van der Waals surface area contributed by atoms with E-state index in [2.05, 4.69) is 27.6 Å². The lowest BCUT2D eigenvalue weighted by Gasteiger charge is -2.15. The van der Waals surface area contributed by atoms with Gasteiger partial charge >= 0.3 is 0 Å². The minimum absolute atomic E-state index is 0.225. The first-order valence-corrected chi connectivity index (χ1v) is 6.95. The van der Waals surface area contributed by atoms with Crippen molar-refractivity contribution in [2.45, 2.75) is 18.2 Å². The molecule has 0 saturated heterocycles. The summed E-state index contributed by atoms with van der Waals surface area (Å²) in [7, 11) is 3.60. The highest BCUT2D eigenvalue weighted by Crippen LogP contribution is 2.24. The number of nitrogens with one attached hydrogen (secondary N) is 1. The van der Waals surface area contributed by atoms with E-state index in [1.165, 1.54) is 5.56 Å². The molecule has 1 N–H and O–H groups in total. The van der Waals surface area contributed by atoms with Gasteiger partial charge in [0.05, 0.1) is 7.11 Å². The molecule has 1 aromatic carbocycles. The summed E-state index contributed by atoms with van der Waals surface area (Å²) >= 11 is 1.54. The highest BCUT2D eigenvalue weighted by atomic mass is 32.2. The monoisotopic (exact) mass is 279 g/mol. The molecule has 5 nitrogen and oxygen atoms in total. The number of nitrogens with zero attached hydrogens (tertiary/aromatic N) is 2. The Kier molecular flexibility index (Phi) is 4.81. The van der Waals surface area contributed by atoms with Crippen LogP contribution < -0.4 is 10.1 Å². The zero-order valence-corrected chi connectivity index (χ0v) is 12.0. The summed E-state index contributed by atoms with van der Waals surface area (Å²) in [5, 5.41) is 11.7. The quantitative estimate of drug-likeness (QED) is 0.820. The lowest BCUT2D eigenvalue weighted by atomic mass is 10.1. The van der Waals surface area contributed by atoms with E-state index in [4.69, 9.17) is 9.15 Å². The van der Waals surface area contributed by atoms with Crippen molar-refractivity contribution in [2.75, 3.05) is 19.9 Å². The third kappa shape index (κ3) is 3.71. The molecule has 1 heterocycles. The molecule has 0 aliphatic carbocycles. The Balaban J connectivity index is 1.98. The van der Waals surface area contributed by atoms with Crippen molar-refractivity contribution in [2.24, 2.45) is 0 Å². The Morgan fingerprint density at radius 3 is 2.58 bits per heavy atom. The predicted octanol–water partition coefficient (Wildman–Crippen LogP) is 2.44. The van der Waals surface area contributed by atoms with E-state index in [1.54, 1.807) is 25.8 Å². The molecule has 0 spiro atoms. The fourth-order valence-electron chi connectivity index (χ4n) is 1.67. The molecular formula is C13H17N3O2S. The number of rotatable bonds is 6. The number of hydrogen-bond acceptors (Lipinski definition) is 6. The molecule has 19 heavy (non-hydrogen) atoms. The zero-order valence-electron chi connectivity index (χ0n) is 11.2. The number of ether oxygens (including phenoxy) is 1. The molecule has 0 aliphatic heterocycles. The topological polar surface area (TPSA) is 60.2 Å². The Morgan fingerprint density at radius 1 is 1.32 bits per heavy atom. The first-order valence-electron chi connectivity index (χ1n) is 5.97. The summed E-state index contributed by atoms with van der Waals surface area (Å²) in [4.78, 5) is 0. The van der Waals surface area contributed by atoms with Crippen LogP contribution in [-0.4, -0.2) is 30.1 Å². The maximum atomic E-state index is 5.34. The number of aryl methyl sites for hydroxylation is 1. The van der Waals surface area contributed by atoms with Crippen LogP contribution in [0.3, 0.4) is 0 Å². The second-order valence-electron chi connectivity index (χ2n) is 4.01. The number of benzene rings is 1. The molecule has 0 radical (unpaired) electrons. The molecule has 2 aromatic rings. The summed E-state index contributed by atoms with van der Waals surface area (Å²) in [5.74, 6) is 2.27. The Morgan fingerprint density at radius 2 is 2.05 bits per heavy atom. The average molecular weight is 279 g/mol. The second-order valence-corrected chi connectivity index (χ2v) is 4.98. The molecule has 0 amide bonds. The van der Waals surface area contributed by atoms with Gasteiger partial charge in [0.15, 0.2) is 0 Å². The fourth-order valence-corrected chi connectivity index (χ4v) is 2.62. The van der Waals surface area contributed by atoms with Crippen molar-refractivity contribution in [1.82, 2.24) is 15.5 Å². The molecule has 0 aliphatic rings. The summed E-state index contributed by atoms with van der Waals surface area (Å²) in [5.41, 5.74) is 1.20. The summed E-state index contributed by atoms with van der Waals surface area (Å²) in [6, 6.07) is 8.25. The van der Waals surface area contributed by atoms with Gasteiger partial charge in [0.1, 0.15) is 5.75 Å². The van der Waals surface area contributed by atoms with E-state index in [0.29, 0.717) is 11.1 Å². The van der Waals surface area contributed by atoms with Gasteiger partial charge in [0, 0.05) is 18.7 Å². The summed E-state index contributed by atoms with van der Waals surface area (Å²) in [6.07, 6.45) is 0. The molecule has 0 bridgehead atoms. The van der Waals surface area contributed by atoms with Gasteiger partial charge in [-0.2, -0.15) is 0 Å². The highest BCUT2D eigenvalue weighted by Gasteiger charge is 2.12. The maximum Gasteiger partial charge on any atom is 0.276 e. The number of hydrogen-bond donors (Lipinski definition) is 1. The van der Waals surface area contributed by atoms with E-state index in [1.807, 2.05) is 19.2 Å². The van der Waals surface area contributed by atoms with Gasteiger partial charge in [-0.15, -0.1) is 10.2 Å². The van der Waals surface area contributed by atoms with Crippen molar-refractivity contribution < 1.29 is 9.15 Å². The molecule has 1 unspecified atom stereocenters. The van der Waals surface area contributed by atoms with Gasteiger partial charge in [-0.05, 0) is 24.7 Å². The van der Waals surface area contributed by atoms with Gasteiger partial charge < -0.3 is 14.5 Å². The van der Waals surface area contributed by atoms with Crippen molar-refractivity contribution in [3.63, 3.8) is 0 Å². The van der Waals surface area contributed by atoms with Gasteiger partial charge in [-0.1, -0.05) is 23.9 Å². The molecule has 1 aromatic heterocycles. The zero-order chi connectivity index (χ0) is 13.7. The molecular weight excluding hydrogens is 262 g/mol. The molecule has 0 saturated carbocycles. The first kappa shape index (κ1) is 13.9. The van der Waals surface area contributed by atoms with E-state index in [9.17, 15) is 0 Å². The smallest absolute Gasteiger partial charge is 0.276 e. The summed E-state index contributed by atoms with van der Waals surface area (Å²) < 4.78 is 10.5. The molecule has 0 fully saturated rings. The third-order valence-electron chi connectivity index (χ3n) is 2.75. The van der Waals surface area contributed by atoms with Crippen molar-refractivity contribution in [3.05, 3.63) is 35.7 Å². The van der Waals surface area contributed by atoms with E-state index >= 15 is 0 Å². The Labute approximate surface area is 116 Å². The highest BCUT2D eigenvalue weighted by molar-refractivity contribution is 7.99. The molecule has 2 rings (SSSR count). The van der Waals surface area contributed by atoms with Crippen LogP contribution in [0.2, 0.25) is 0 Å². The predicted molar refractivity (Wildman–Crippen MR) is 74.6 cm³/mol. The third-order valence-corrected chi connectivity index (χ3v) is 3.66. The van der Waals surface area contributed by atoms with Gasteiger partial charge in [-0.3, -0.25) is 0 Å². The van der Waals surface area contributed by atoms with E-state index in [-0.39, 0.29) is 6.04 Å².